The van der Waals surface area contributed by atoms with E-state index in [9.17, 15) is 14.4 Å². The number of nitrogens with zero attached hydrogens (tertiary/aromatic N) is 1. The third-order valence-electron chi connectivity index (χ3n) is 5.60. The molecule has 0 unspecified atom stereocenters. The van der Waals surface area contributed by atoms with Gasteiger partial charge in [-0.1, -0.05) is 26.7 Å². The van der Waals surface area contributed by atoms with Crippen molar-refractivity contribution in [3.63, 3.8) is 0 Å². The highest BCUT2D eigenvalue weighted by Crippen LogP contribution is 2.29. The zero-order chi connectivity index (χ0) is 17.7. The molecule has 24 heavy (non-hydrogen) atoms. The summed E-state index contributed by atoms with van der Waals surface area (Å²) < 4.78 is 5.19. The monoisotopic (exact) mass is 338 g/mol. The molecule has 0 aromatic carbocycles. The van der Waals surface area contributed by atoms with Crippen molar-refractivity contribution in [1.82, 2.24) is 10.2 Å². The highest BCUT2D eigenvalue weighted by Gasteiger charge is 2.30. The van der Waals surface area contributed by atoms with Gasteiger partial charge in [0.05, 0.1) is 5.92 Å². The summed E-state index contributed by atoms with van der Waals surface area (Å²) in [6.07, 6.45) is 4.82. The predicted molar refractivity (Wildman–Crippen MR) is 90.0 cm³/mol. The Morgan fingerprint density at radius 2 is 1.88 bits per heavy atom. The van der Waals surface area contributed by atoms with Crippen LogP contribution in [0.4, 0.5) is 0 Å². The first-order valence-electron chi connectivity index (χ1n) is 9.10. The summed E-state index contributed by atoms with van der Waals surface area (Å²) in [6.45, 7) is 6.75. The van der Waals surface area contributed by atoms with E-state index in [4.69, 9.17) is 4.74 Å². The van der Waals surface area contributed by atoms with Crippen molar-refractivity contribution in [2.45, 2.75) is 58.9 Å². The van der Waals surface area contributed by atoms with Crippen LogP contribution in [0, 0.1) is 17.8 Å². The minimum Gasteiger partial charge on any atom is -0.455 e. The van der Waals surface area contributed by atoms with E-state index >= 15 is 0 Å². The summed E-state index contributed by atoms with van der Waals surface area (Å²) in [6, 6.07) is 0.169. The minimum absolute atomic E-state index is 0.0225. The van der Waals surface area contributed by atoms with E-state index in [1.54, 1.807) is 4.90 Å². The summed E-state index contributed by atoms with van der Waals surface area (Å²) in [5, 5.41) is 3.00. The number of ether oxygens (including phenoxy) is 1. The fourth-order valence-electron chi connectivity index (χ4n) is 3.74. The van der Waals surface area contributed by atoms with Crippen LogP contribution in [-0.2, 0) is 19.1 Å². The number of nitrogens with one attached hydrogen (secondary N) is 1. The van der Waals surface area contributed by atoms with E-state index in [2.05, 4.69) is 19.2 Å². The summed E-state index contributed by atoms with van der Waals surface area (Å²) in [7, 11) is 0. The van der Waals surface area contributed by atoms with Crippen molar-refractivity contribution < 1.29 is 19.1 Å². The third kappa shape index (κ3) is 4.95. The lowest BCUT2D eigenvalue weighted by Gasteiger charge is -2.34. The number of hydrogen-bond donors (Lipinski definition) is 1. The maximum Gasteiger partial charge on any atom is 0.311 e. The van der Waals surface area contributed by atoms with Crippen molar-refractivity contribution in [3.05, 3.63) is 0 Å². The molecule has 1 saturated heterocycles. The van der Waals surface area contributed by atoms with Crippen LogP contribution in [0.1, 0.15) is 52.9 Å². The van der Waals surface area contributed by atoms with Crippen molar-refractivity contribution in [3.8, 4) is 0 Å². The second-order valence-corrected chi connectivity index (χ2v) is 7.35. The normalized spacial score (nSPS) is 30.5. The summed E-state index contributed by atoms with van der Waals surface area (Å²) in [4.78, 5) is 37.3. The summed E-state index contributed by atoms with van der Waals surface area (Å²) in [5.41, 5.74) is 0. The molecule has 0 aromatic rings. The van der Waals surface area contributed by atoms with Crippen molar-refractivity contribution in [2.24, 2.45) is 17.8 Å². The van der Waals surface area contributed by atoms with Crippen LogP contribution >= 0.6 is 0 Å². The number of amides is 2. The van der Waals surface area contributed by atoms with Gasteiger partial charge in [0.15, 0.2) is 6.61 Å². The van der Waals surface area contributed by atoms with Crippen LogP contribution in [0.15, 0.2) is 0 Å². The number of carbonyl (C=O) groups is 3. The molecule has 136 valence electrons. The Morgan fingerprint density at radius 1 is 1.12 bits per heavy atom. The van der Waals surface area contributed by atoms with Crippen LogP contribution in [0.5, 0.6) is 0 Å². The molecule has 1 aliphatic carbocycles. The first-order valence-corrected chi connectivity index (χ1v) is 9.10. The molecule has 2 fully saturated rings. The Labute approximate surface area is 144 Å². The van der Waals surface area contributed by atoms with E-state index in [0.29, 0.717) is 31.3 Å². The lowest BCUT2D eigenvalue weighted by Crippen LogP contribution is -2.46. The number of rotatable bonds is 4. The van der Waals surface area contributed by atoms with Gasteiger partial charge in [0.1, 0.15) is 0 Å². The van der Waals surface area contributed by atoms with Crippen LogP contribution in [0.2, 0.25) is 0 Å². The molecule has 2 rings (SSSR count). The van der Waals surface area contributed by atoms with Gasteiger partial charge in [-0.3, -0.25) is 14.4 Å². The second kappa shape index (κ2) is 8.49. The van der Waals surface area contributed by atoms with E-state index in [1.165, 1.54) is 13.3 Å². The number of hydrogen-bond acceptors (Lipinski definition) is 4. The molecule has 1 heterocycles. The Balaban J connectivity index is 1.75. The maximum atomic E-state index is 12.1. The maximum absolute atomic E-state index is 12.1. The zero-order valence-corrected chi connectivity index (χ0v) is 15.0. The molecule has 4 atom stereocenters. The van der Waals surface area contributed by atoms with Crippen molar-refractivity contribution >= 4 is 17.8 Å². The summed E-state index contributed by atoms with van der Waals surface area (Å²) >= 11 is 0. The smallest absolute Gasteiger partial charge is 0.311 e. The van der Waals surface area contributed by atoms with Gasteiger partial charge in [0, 0.05) is 26.1 Å². The van der Waals surface area contributed by atoms with Crippen LogP contribution in [0.3, 0.4) is 0 Å². The van der Waals surface area contributed by atoms with Gasteiger partial charge in [-0.05, 0) is 31.1 Å². The summed E-state index contributed by atoms with van der Waals surface area (Å²) in [5.74, 6) is 0.108. The zero-order valence-electron chi connectivity index (χ0n) is 15.0. The minimum atomic E-state index is -0.374. The van der Waals surface area contributed by atoms with Crippen molar-refractivity contribution in [1.29, 1.82) is 0 Å². The topological polar surface area (TPSA) is 75.7 Å². The molecular formula is C18H30N2O4. The largest absolute Gasteiger partial charge is 0.455 e. The standard InChI is InChI=1S/C18H30N2O4/c1-12-6-4-8-16(13(12)2)19-17(22)11-24-18(23)15-7-5-9-20(10-15)14(3)21/h12-13,15-16H,4-11H2,1-3H3,(H,19,22)/t12-,13-,15-,16+/m0/s1. The predicted octanol–water partition coefficient (Wildman–Crippen LogP) is 1.73. The van der Waals surface area contributed by atoms with Crippen LogP contribution < -0.4 is 5.32 Å². The molecule has 6 nitrogen and oxygen atoms in total. The van der Waals surface area contributed by atoms with Gasteiger partial charge in [0.25, 0.3) is 5.91 Å². The van der Waals surface area contributed by atoms with E-state index in [0.717, 1.165) is 19.3 Å². The molecule has 1 N–H and O–H groups in total. The van der Waals surface area contributed by atoms with Gasteiger partial charge in [0.2, 0.25) is 5.91 Å². The number of carbonyl (C=O) groups excluding carboxylic acids is 3. The lowest BCUT2D eigenvalue weighted by molar-refractivity contribution is -0.155. The Hall–Kier alpha value is -1.59. The Kier molecular flexibility index (Phi) is 6.63. The molecule has 1 saturated carbocycles. The van der Waals surface area contributed by atoms with Gasteiger partial charge in [-0.15, -0.1) is 0 Å². The Morgan fingerprint density at radius 3 is 2.58 bits per heavy atom. The molecule has 0 spiro atoms. The van der Waals surface area contributed by atoms with Crippen LogP contribution in [0.25, 0.3) is 0 Å². The van der Waals surface area contributed by atoms with E-state index in [-0.39, 0.29) is 36.4 Å². The van der Waals surface area contributed by atoms with E-state index in [1.807, 2.05) is 0 Å². The van der Waals surface area contributed by atoms with Crippen LogP contribution in [-0.4, -0.2) is 48.4 Å². The third-order valence-corrected chi connectivity index (χ3v) is 5.60. The van der Waals surface area contributed by atoms with Gasteiger partial charge in [-0.25, -0.2) is 0 Å². The Bertz CT molecular complexity index is 480. The fourth-order valence-corrected chi connectivity index (χ4v) is 3.74. The quantitative estimate of drug-likeness (QED) is 0.792. The first-order chi connectivity index (χ1) is 11.4. The first kappa shape index (κ1) is 18.7. The molecule has 0 radical (unpaired) electrons. The number of esters is 1. The molecular weight excluding hydrogens is 308 g/mol. The number of likely N-dealkylation sites (tertiary alicyclic amines) is 1. The van der Waals surface area contributed by atoms with Gasteiger partial charge >= 0.3 is 5.97 Å². The average molecular weight is 338 g/mol. The molecule has 6 heteroatoms. The molecule has 1 aliphatic heterocycles. The molecule has 2 aliphatic rings. The molecule has 0 bridgehead atoms. The lowest BCUT2D eigenvalue weighted by atomic mass is 9.78. The second-order valence-electron chi connectivity index (χ2n) is 7.35. The SMILES string of the molecule is CC(=O)N1CCC[C@H](C(=O)OCC(=O)N[C@@H]2CCC[C@H](C)[C@@H]2C)C1. The number of piperidine rings is 1. The molecule has 0 aromatic heterocycles. The highest BCUT2D eigenvalue weighted by atomic mass is 16.5. The van der Waals surface area contributed by atoms with E-state index < -0.39 is 0 Å². The highest BCUT2D eigenvalue weighted by molar-refractivity contribution is 5.82. The average Bonchev–Trinajstić information content (AvgIpc) is 2.57. The molecule has 2 amide bonds. The van der Waals surface area contributed by atoms with Gasteiger partial charge < -0.3 is 15.0 Å². The fraction of sp³-hybridized carbons (Fsp3) is 0.833. The van der Waals surface area contributed by atoms with Crippen molar-refractivity contribution in [2.75, 3.05) is 19.7 Å². The van der Waals surface area contributed by atoms with Gasteiger partial charge in [-0.2, -0.15) is 0 Å².